The van der Waals surface area contributed by atoms with Gasteiger partial charge in [-0.3, -0.25) is 9.78 Å². The van der Waals surface area contributed by atoms with E-state index in [-0.39, 0.29) is 11.5 Å². The van der Waals surface area contributed by atoms with Crippen LogP contribution < -0.4 is 0 Å². The molecule has 8 heteroatoms. The minimum Gasteiger partial charge on any atom is -0.383 e. The third-order valence-electron chi connectivity index (χ3n) is 3.11. The van der Waals surface area contributed by atoms with Crippen molar-refractivity contribution >= 4 is 29.9 Å². The fourth-order valence-corrected chi connectivity index (χ4v) is 1.82. The van der Waals surface area contributed by atoms with Crippen molar-refractivity contribution < 1.29 is 32.3 Å². The van der Waals surface area contributed by atoms with Crippen molar-refractivity contribution in [2.24, 2.45) is 0 Å². The van der Waals surface area contributed by atoms with E-state index >= 15 is 0 Å². The van der Waals surface area contributed by atoms with Crippen LogP contribution in [0.15, 0.2) is 60.8 Å². The van der Waals surface area contributed by atoms with E-state index in [1.54, 1.807) is 42.5 Å². The Balaban J connectivity index is 1.95. The Morgan fingerprint density at radius 1 is 0.926 bits per heavy atom. The van der Waals surface area contributed by atoms with Crippen LogP contribution in [0.3, 0.4) is 0 Å². The number of allylic oxidation sites excluding steroid dienone is 1. The highest BCUT2D eigenvalue weighted by molar-refractivity contribution is 6.06. The highest BCUT2D eigenvalue weighted by Crippen LogP contribution is 2.16. The molecule has 138 valence electrons. The van der Waals surface area contributed by atoms with Gasteiger partial charge in [-0.25, -0.2) is 9.59 Å². The lowest BCUT2D eigenvalue weighted by Gasteiger charge is -2.02. The Labute approximate surface area is 151 Å². The molecule has 0 bridgehead atoms. The minimum atomic E-state index is -5.24. The van der Waals surface area contributed by atoms with Crippen LogP contribution in [0.25, 0.3) is 12.2 Å². The van der Waals surface area contributed by atoms with Crippen LogP contribution in [0.5, 0.6) is 0 Å². The van der Waals surface area contributed by atoms with Crippen LogP contribution >= 0.6 is 0 Å². The van der Waals surface area contributed by atoms with Gasteiger partial charge in [0.05, 0.1) is 5.69 Å². The summed E-state index contributed by atoms with van der Waals surface area (Å²) in [5.41, 5.74) is 1.39. The topological polar surface area (TPSA) is 73.3 Å². The number of ether oxygens (including phenoxy) is 1. The Bertz CT molecular complexity index is 885. The lowest BCUT2D eigenvalue weighted by Crippen LogP contribution is -2.27. The molecular weight excluding hydrogens is 363 g/mol. The Morgan fingerprint density at radius 3 is 2.22 bits per heavy atom. The zero-order valence-electron chi connectivity index (χ0n) is 13.6. The van der Waals surface area contributed by atoms with E-state index in [4.69, 9.17) is 0 Å². The van der Waals surface area contributed by atoms with Crippen LogP contribution in [0.4, 0.5) is 13.2 Å². The van der Waals surface area contributed by atoms with Gasteiger partial charge < -0.3 is 4.74 Å². The number of carbonyl (C=O) groups excluding carboxylic acids is 3. The molecule has 0 fully saturated rings. The lowest BCUT2D eigenvalue weighted by molar-refractivity contribution is -0.200. The van der Waals surface area contributed by atoms with E-state index in [9.17, 15) is 27.6 Å². The number of aromatic nitrogens is 1. The van der Waals surface area contributed by atoms with Crippen molar-refractivity contribution in [2.75, 3.05) is 0 Å². The molecule has 2 aromatic rings. The third kappa shape index (κ3) is 6.35. The molecule has 0 unspecified atom stereocenters. The van der Waals surface area contributed by atoms with E-state index in [0.717, 1.165) is 6.08 Å². The molecule has 0 aliphatic carbocycles. The summed E-state index contributed by atoms with van der Waals surface area (Å²) in [7, 11) is 0. The zero-order valence-corrected chi connectivity index (χ0v) is 13.6. The molecule has 0 saturated heterocycles. The molecule has 0 radical (unpaired) electrons. The molecule has 1 heterocycles. The summed E-state index contributed by atoms with van der Waals surface area (Å²) in [5, 5.41) is 0. The van der Waals surface area contributed by atoms with Gasteiger partial charge in [-0.15, -0.1) is 0 Å². The minimum absolute atomic E-state index is 0.184. The maximum absolute atomic E-state index is 12.0. The average molecular weight is 375 g/mol. The molecule has 27 heavy (non-hydrogen) atoms. The molecule has 5 nitrogen and oxygen atoms in total. The standard InChI is InChI=1S/C19H12F3NO4/c20-19(21,22)18(26)27-17(25)11-9-15-8-6-13(12-23-15)7-10-16(24)14-4-2-1-3-5-14/h1-12H. The highest BCUT2D eigenvalue weighted by atomic mass is 19.4. The second-order valence-corrected chi connectivity index (χ2v) is 5.12. The first kappa shape index (κ1) is 19.8. The monoisotopic (exact) mass is 375 g/mol. The SMILES string of the molecule is O=C(C=Cc1ccc(C=CC(=O)c2ccccc2)cn1)OC(=O)C(F)(F)F. The van der Waals surface area contributed by atoms with E-state index in [2.05, 4.69) is 9.72 Å². The quantitative estimate of drug-likeness (QED) is 0.345. The summed E-state index contributed by atoms with van der Waals surface area (Å²) < 4.78 is 39.5. The lowest BCUT2D eigenvalue weighted by atomic mass is 10.1. The number of pyridine rings is 1. The summed E-state index contributed by atoms with van der Waals surface area (Å²) in [6.07, 6.45) is 0.830. The summed E-state index contributed by atoms with van der Waals surface area (Å²) in [6.45, 7) is 0. The average Bonchev–Trinajstić information content (AvgIpc) is 2.65. The molecule has 0 N–H and O–H groups in total. The van der Waals surface area contributed by atoms with Gasteiger partial charge in [0.15, 0.2) is 5.78 Å². The van der Waals surface area contributed by atoms with Crippen LogP contribution in [0.1, 0.15) is 21.6 Å². The second kappa shape index (κ2) is 8.70. The van der Waals surface area contributed by atoms with Gasteiger partial charge in [-0.2, -0.15) is 13.2 Å². The fraction of sp³-hybridized carbons (Fsp3) is 0.0526. The number of hydrogen-bond donors (Lipinski definition) is 0. The van der Waals surface area contributed by atoms with Crippen molar-refractivity contribution in [3.05, 3.63) is 77.6 Å². The van der Waals surface area contributed by atoms with Gasteiger partial charge in [0.2, 0.25) is 0 Å². The number of hydrogen-bond acceptors (Lipinski definition) is 5. The van der Waals surface area contributed by atoms with Gasteiger partial charge in [0, 0.05) is 17.8 Å². The predicted octanol–water partition coefficient (Wildman–Crippen LogP) is 3.62. The number of alkyl halides is 3. The number of rotatable bonds is 5. The number of nitrogens with zero attached hydrogens (tertiary/aromatic N) is 1. The van der Waals surface area contributed by atoms with E-state index in [0.29, 0.717) is 17.2 Å². The molecule has 0 amide bonds. The smallest absolute Gasteiger partial charge is 0.383 e. The molecule has 1 aromatic carbocycles. The van der Waals surface area contributed by atoms with Crippen molar-refractivity contribution in [3.63, 3.8) is 0 Å². The molecule has 0 atom stereocenters. The van der Waals surface area contributed by atoms with Crippen molar-refractivity contribution in [1.82, 2.24) is 4.98 Å². The largest absolute Gasteiger partial charge is 0.491 e. The second-order valence-electron chi connectivity index (χ2n) is 5.12. The third-order valence-corrected chi connectivity index (χ3v) is 3.11. The van der Waals surface area contributed by atoms with E-state index in [1.165, 1.54) is 18.3 Å². The Hall–Kier alpha value is -3.55. The summed E-state index contributed by atoms with van der Waals surface area (Å²) in [4.78, 5) is 37.6. The number of carbonyl (C=O) groups is 3. The zero-order chi connectivity index (χ0) is 19.9. The van der Waals surface area contributed by atoms with Gasteiger partial charge >= 0.3 is 18.1 Å². The molecular formula is C19H12F3NO4. The van der Waals surface area contributed by atoms with Crippen LogP contribution in [-0.2, 0) is 14.3 Å². The summed E-state index contributed by atoms with van der Waals surface area (Å²) in [5.74, 6) is -4.23. The maximum Gasteiger partial charge on any atom is 0.491 e. The fourth-order valence-electron chi connectivity index (χ4n) is 1.82. The first-order chi connectivity index (χ1) is 12.8. The van der Waals surface area contributed by atoms with Crippen LogP contribution in [0.2, 0.25) is 0 Å². The number of benzene rings is 1. The number of ketones is 1. The van der Waals surface area contributed by atoms with E-state index in [1.807, 2.05) is 0 Å². The maximum atomic E-state index is 12.0. The Morgan fingerprint density at radius 2 is 1.63 bits per heavy atom. The molecule has 1 aromatic heterocycles. The van der Waals surface area contributed by atoms with Gasteiger partial charge in [0.1, 0.15) is 0 Å². The van der Waals surface area contributed by atoms with Crippen molar-refractivity contribution in [2.45, 2.75) is 6.18 Å². The van der Waals surface area contributed by atoms with Crippen molar-refractivity contribution in [3.8, 4) is 0 Å². The molecule has 2 rings (SSSR count). The Kier molecular flexibility index (Phi) is 6.37. The molecule has 0 spiro atoms. The van der Waals surface area contributed by atoms with Crippen molar-refractivity contribution in [1.29, 1.82) is 0 Å². The summed E-state index contributed by atoms with van der Waals surface area (Å²) >= 11 is 0. The summed E-state index contributed by atoms with van der Waals surface area (Å²) in [6, 6.07) is 11.7. The van der Waals surface area contributed by atoms with Crippen LogP contribution in [-0.4, -0.2) is 28.9 Å². The molecule has 0 saturated carbocycles. The first-order valence-electron chi connectivity index (χ1n) is 7.50. The van der Waals surface area contributed by atoms with Gasteiger partial charge in [0.25, 0.3) is 0 Å². The predicted molar refractivity (Wildman–Crippen MR) is 90.2 cm³/mol. The normalized spacial score (nSPS) is 11.7. The van der Waals surface area contributed by atoms with Gasteiger partial charge in [-0.05, 0) is 29.9 Å². The number of esters is 2. The first-order valence-corrected chi connectivity index (χ1v) is 7.50. The van der Waals surface area contributed by atoms with Crippen LogP contribution in [0, 0.1) is 0 Å². The van der Waals surface area contributed by atoms with E-state index < -0.39 is 18.1 Å². The molecule has 0 aliphatic heterocycles. The number of halogens is 3. The highest BCUT2D eigenvalue weighted by Gasteiger charge is 2.42. The molecule has 0 aliphatic rings. The van der Waals surface area contributed by atoms with Gasteiger partial charge in [-0.1, -0.05) is 36.4 Å².